The Morgan fingerprint density at radius 3 is 2.69 bits per heavy atom. The Morgan fingerprint density at radius 1 is 1.44 bits per heavy atom. The molecule has 2 heterocycles. The number of halogens is 3. The second-order valence-corrected chi connectivity index (χ2v) is 4.82. The number of nitrogens with zero attached hydrogens (tertiary/aromatic N) is 2. The molecule has 0 spiro atoms. The van der Waals surface area contributed by atoms with Crippen LogP contribution >= 0.6 is 0 Å². The van der Waals surface area contributed by atoms with E-state index in [4.69, 9.17) is 0 Å². The van der Waals surface area contributed by atoms with Gasteiger partial charge in [0, 0.05) is 18.3 Å². The number of hydrogen-bond acceptors (Lipinski definition) is 4. The van der Waals surface area contributed by atoms with Gasteiger partial charge in [-0.05, 0) is 12.8 Å². The fraction of sp³-hybridized carbons (Fsp3) is 0.571. The lowest BCUT2D eigenvalue weighted by Gasteiger charge is -2.06. The summed E-state index contributed by atoms with van der Waals surface area (Å²) in [6, 6.07) is 1.20. The maximum absolute atomic E-state index is 12.0. The van der Waals surface area contributed by atoms with E-state index in [9.17, 15) is 21.6 Å². The molecular formula is C7H7F3N2O3S. The van der Waals surface area contributed by atoms with Crippen molar-refractivity contribution in [1.82, 2.24) is 9.78 Å². The highest BCUT2D eigenvalue weighted by molar-refractivity contribution is 7.87. The minimum absolute atomic E-state index is 0.535. The van der Waals surface area contributed by atoms with Crippen LogP contribution in [0.5, 0.6) is 5.88 Å². The van der Waals surface area contributed by atoms with Crippen LogP contribution in [0.15, 0.2) is 6.07 Å². The van der Waals surface area contributed by atoms with E-state index in [2.05, 4.69) is 9.28 Å². The molecule has 1 aromatic rings. The normalized spacial score (nSPS) is 16.2. The molecule has 2 rings (SSSR count). The molecule has 0 fully saturated rings. The minimum atomic E-state index is -5.61. The van der Waals surface area contributed by atoms with Crippen LogP contribution in [0.1, 0.15) is 12.1 Å². The molecule has 0 unspecified atom stereocenters. The summed E-state index contributed by atoms with van der Waals surface area (Å²) in [5.41, 5.74) is -4.76. The predicted octanol–water partition coefficient (Wildman–Crippen LogP) is 1.06. The molecule has 90 valence electrons. The van der Waals surface area contributed by atoms with E-state index in [0.29, 0.717) is 18.7 Å². The summed E-state index contributed by atoms with van der Waals surface area (Å²) in [5.74, 6) is -0.535. The summed E-state index contributed by atoms with van der Waals surface area (Å²) in [7, 11) is -5.61. The minimum Gasteiger partial charge on any atom is -0.354 e. The molecule has 0 aliphatic carbocycles. The first-order chi connectivity index (χ1) is 7.29. The molecule has 1 aliphatic rings. The maximum Gasteiger partial charge on any atom is 0.534 e. The highest BCUT2D eigenvalue weighted by Gasteiger charge is 2.49. The summed E-state index contributed by atoms with van der Waals surface area (Å²) in [5, 5.41) is 3.60. The monoisotopic (exact) mass is 256 g/mol. The Balaban J connectivity index is 2.22. The quantitative estimate of drug-likeness (QED) is 0.586. The molecule has 0 bridgehead atoms. The second-order valence-electron chi connectivity index (χ2n) is 3.28. The van der Waals surface area contributed by atoms with Gasteiger partial charge in [-0.2, -0.15) is 21.6 Å². The van der Waals surface area contributed by atoms with Crippen molar-refractivity contribution < 1.29 is 25.8 Å². The van der Waals surface area contributed by atoms with Gasteiger partial charge in [0.15, 0.2) is 0 Å². The molecule has 0 N–H and O–H groups in total. The Labute approximate surface area is 88.9 Å². The number of hydrogen-bond donors (Lipinski definition) is 0. The average Bonchev–Trinajstić information content (AvgIpc) is 2.59. The van der Waals surface area contributed by atoms with Gasteiger partial charge in [-0.15, -0.1) is 5.10 Å². The summed E-state index contributed by atoms with van der Waals surface area (Å²) in [6.07, 6.45) is 1.50. The van der Waals surface area contributed by atoms with Gasteiger partial charge in [-0.1, -0.05) is 0 Å². The largest absolute Gasteiger partial charge is 0.534 e. The lowest BCUT2D eigenvalue weighted by atomic mass is 10.3. The van der Waals surface area contributed by atoms with Gasteiger partial charge < -0.3 is 4.18 Å². The third kappa shape index (κ3) is 1.86. The van der Waals surface area contributed by atoms with E-state index in [1.165, 1.54) is 10.7 Å². The molecule has 0 amide bonds. The van der Waals surface area contributed by atoms with Crippen LogP contribution in [-0.4, -0.2) is 23.7 Å². The van der Waals surface area contributed by atoms with Crippen molar-refractivity contribution in [3.05, 3.63) is 11.8 Å². The molecule has 0 radical (unpaired) electrons. The van der Waals surface area contributed by atoms with Gasteiger partial charge in [0.2, 0.25) is 0 Å². The Kier molecular flexibility index (Phi) is 2.37. The zero-order chi connectivity index (χ0) is 12.0. The molecular weight excluding hydrogens is 249 g/mol. The highest BCUT2D eigenvalue weighted by atomic mass is 32.2. The van der Waals surface area contributed by atoms with E-state index >= 15 is 0 Å². The van der Waals surface area contributed by atoms with E-state index in [1.54, 1.807) is 0 Å². The first-order valence-electron chi connectivity index (χ1n) is 4.37. The van der Waals surface area contributed by atoms with Crippen molar-refractivity contribution in [1.29, 1.82) is 0 Å². The Hall–Kier alpha value is -1.25. The standard InChI is InChI=1S/C7H7F3N2O3S/c8-7(9,10)16(13,14)15-6-4-5-2-1-3-12(5)11-6/h4H,1-3H2. The molecule has 1 aromatic heterocycles. The van der Waals surface area contributed by atoms with E-state index in [0.717, 1.165) is 6.42 Å². The SMILES string of the molecule is O=S(=O)(Oc1cc2n(n1)CCC2)C(F)(F)F. The zero-order valence-electron chi connectivity index (χ0n) is 7.86. The Bertz CT molecular complexity index is 484. The van der Waals surface area contributed by atoms with Crippen LogP contribution in [0.2, 0.25) is 0 Å². The van der Waals surface area contributed by atoms with Crippen LogP contribution in [0.25, 0.3) is 0 Å². The van der Waals surface area contributed by atoms with Gasteiger partial charge in [-0.25, -0.2) is 0 Å². The number of rotatable bonds is 2. The third-order valence-electron chi connectivity index (χ3n) is 2.12. The first kappa shape index (κ1) is 11.2. The third-order valence-corrected chi connectivity index (χ3v) is 3.08. The van der Waals surface area contributed by atoms with E-state index in [-0.39, 0.29) is 0 Å². The van der Waals surface area contributed by atoms with Crippen molar-refractivity contribution in [3.63, 3.8) is 0 Å². The van der Waals surface area contributed by atoms with Gasteiger partial charge in [0.1, 0.15) is 0 Å². The van der Waals surface area contributed by atoms with Gasteiger partial charge in [0.25, 0.3) is 5.88 Å². The fourth-order valence-electron chi connectivity index (χ4n) is 1.43. The zero-order valence-corrected chi connectivity index (χ0v) is 8.68. The second kappa shape index (κ2) is 3.37. The summed E-state index contributed by atoms with van der Waals surface area (Å²) >= 11 is 0. The lowest BCUT2D eigenvalue weighted by Crippen LogP contribution is -2.28. The van der Waals surface area contributed by atoms with Crippen molar-refractivity contribution in [2.75, 3.05) is 0 Å². The number of aromatic nitrogens is 2. The predicted molar refractivity (Wildman–Crippen MR) is 46.2 cm³/mol. The number of fused-ring (bicyclic) bond motifs is 1. The van der Waals surface area contributed by atoms with Gasteiger partial charge in [0.05, 0.1) is 0 Å². The highest BCUT2D eigenvalue weighted by Crippen LogP contribution is 2.27. The molecule has 0 atom stereocenters. The van der Waals surface area contributed by atoms with Crippen molar-refractivity contribution in [2.24, 2.45) is 0 Å². The van der Waals surface area contributed by atoms with Gasteiger partial charge in [-0.3, -0.25) is 4.68 Å². The Morgan fingerprint density at radius 2 is 2.12 bits per heavy atom. The molecule has 0 aromatic carbocycles. The summed E-state index contributed by atoms with van der Waals surface area (Å²) in [4.78, 5) is 0. The van der Waals surface area contributed by atoms with Crippen LogP contribution < -0.4 is 4.18 Å². The molecule has 0 saturated carbocycles. The molecule has 9 heteroatoms. The van der Waals surface area contributed by atoms with Crippen molar-refractivity contribution in [3.8, 4) is 5.88 Å². The van der Waals surface area contributed by atoms with Gasteiger partial charge >= 0.3 is 15.6 Å². The van der Waals surface area contributed by atoms with Crippen molar-refractivity contribution in [2.45, 2.75) is 24.9 Å². The maximum atomic E-state index is 12.0. The average molecular weight is 256 g/mol. The molecule has 0 saturated heterocycles. The van der Waals surface area contributed by atoms with Crippen LogP contribution in [0.3, 0.4) is 0 Å². The van der Waals surface area contributed by atoms with E-state index in [1.807, 2.05) is 0 Å². The first-order valence-corrected chi connectivity index (χ1v) is 5.78. The van der Waals surface area contributed by atoms with E-state index < -0.39 is 21.5 Å². The number of aryl methyl sites for hydroxylation is 2. The van der Waals surface area contributed by atoms with Crippen LogP contribution in [0.4, 0.5) is 13.2 Å². The summed E-state index contributed by atoms with van der Waals surface area (Å²) < 4.78 is 62.5. The summed E-state index contributed by atoms with van der Waals surface area (Å²) in [6.45, 7) is 0.560. The molecule has 5 nitrogen and oxygen atoms in total. The lowest BCUT2D eigenvalue weighted by molar-refractivity contribution is -0.0501. The van der Waals surface area contributed by atoms with Crippen LogP contribution in [-0.2, 0) is 23.1 Å². The topological polar surface area (TPSA) is 61.2 Å². The smallest absolute Gasteiger partial charge is 0.354 e. The molecule has 16 heavy (non-hydrogen) atoms. The molecule has 1 aliphatic heterocycles. The fourth-order valence-corrected chi connectivity index (χ4v) is 1.83. The van der Waals surface area contributed by atoms with Crippen LogP contribution in [0, 0.1) is 0 Å². The van der Waals surface area contributed by atoms with Crippen molar-refractivity contribution >= 4 is 10.1 Å². The number of alkyl halides is 3.